The fourth-order valence-electron chi connectivity index (χ4n) is 3.00. The average molecular weight is 242 g/mol. The van der Waals surface area contributed by atoms with Gasteiger partial charge in [-0.1, -0.05) is 27.7 Å². The summed E-state index contributed by atoms with van der Waals surface area (Å²) >= 11 is 0. The van der Waals surface area contributed by atoms with Crippen LogP contribution in [0.15, 0.2) is 0 Å². The molecule has 0 aliphatic carbocycles. The molecule has 17 heavy (non-hydrogen) atoms. The molecule has 0 aromatic heterocycles. The van der Waals surface area contributed by atoms with Crippen molar-refractivity contribution in [1.82, 2.24) is 4.90 Å². The Labute approximate surface area is 106 Å². The highest BCUT2D eigenvalue weighted by Gasteiger charge is 2.39. The van der Waals surface area contributed by atoms with E-state index in [1.807, 2.05) is 0 Å². The lowest BCUT2D eigenvalue weighted by molar-refractivity contribution is 0.0980. The smallest absolute Gasteiger partial charge is 0.0602 e. The van der Waals surface area contributed by atoms with Crippen LogP contribution in [0.5, 0.6) is 0 Å². The van der Waals surface area contributed by atoms with Crippen molar-refractivity contribution in [2.45, 2.75) is 59.0 Å². The molecule has 0 aromatic carbocycles. The lowest BCUT2D eigenvalue weighted by atomic mass is 9.82. The second-order valence-corrected chi connectivity index (χ2v) is 6.00. The maximum atomic E-state index is 9.60. The molecule has 1 heterocycles. The Bertz CT molecular complexity index is 226. The van der Waals surface area contributed by atoms with Crippen molar-refractivity contribution in [2.75, 3.05) is 19.7 Å². The molecule has 0 bridgehead atoms. The first-order chi connectivity index (χ1) is 7.99. The molecule has 0 radical (unpaired) electrons. The summed E-state index contributed by atoms with van der Waals surface area (Å²) in [6.07, 6.45) is 3.71. The van der Waals surface area contributed by atoms with Gasteiger partial charge in [0.15, 0.2) is 0 Å². The second kappa shape index (κ2) is 6.17. The Hall–Kier alpha value is -0.120. The molecule has 102 valence electrons. The molecule has 0 spiro atoms. The van der Waals surface area contributed by atoms with Crippen LogP contribution < -0.4 is 5.73 Å². The van der Waals surface area contributed by atoms with Gasteiger partial charge < -0.3 is 10.8 Å². The van der Waals surface area contributed by atoms with Crippen molar-refractivity contribution >= 4 is 0 Å². The molecule has 0 saturated carbocycles. The average Bonchev–Trinajstić information content (AvgIpc) is 2.75. The summed E-state index contributed by atoms with van der Waals surface area (Å²) < 4.78 is 0. The summed E-state index contributed by atoms with van der Waals surface area (Å²) in [5, 5.41) is 9.60. The Morgan fingerprint density at radius 1 is 1.29 bits per heavy atom. The third-order valence-corrected chi connectivity index (χ3v) is 4.84. The minimum Gasteiger partial charge on any atom is -0.395 e. The van der Waals surface area contributed by atoms with E-state index in [-0.39, 0.29) is 18.7 Å². The highest BCUT2D eigenvalue weighted by molar-refractivity contribution is 4.94. The monoisotopic (exact) mass is 242 g/mol. The number of hydrogen-bond acceptors (Lipinski definition) is 3. The van der Waals surface area contributed by atoms with Crippen LogP contribution in [-0.2, 0) is 0 Å². The molecule has 2 atom stereocenters. The van der Waals surface area contributed by atoms with E-state index >= 15 is 0 Å². The van der Waals surface area contributed by atoms with Crippen LogP contribution in [-0.4, -0.2) is 41.8 Å². The predicted octanol–water partition coefficient (Wildman–Crippen LogP) is 1.84. The molecule has 1 saturated heterocycles. The normalized spacial score (nSPS) is 24.2. The number of likely N-dealkylation sites (tertiary alicyclic amines) is 1. The molecule has 0 amide bonds. The van der Waals surface area contributed by atoms with Crippen molar-refractivity contribution in [3.63, 3.8) is 0 Å². The van der Waals surface area contributed by atoms with Gasteiger partial charge in [-0.05, 0) is 37.1 Å². The second-order valence-electron chi connectivity index (χ2n) is 6.00. The maximum absolute atomic E-state index is 9.60. The Morgan fingerprint density at radius 3 is 2.24 bits per heavy atom. The highest BCUT2D eigenvalue weighted by Crippen LogP contribution is 2.38. The van der Waals surface area contributed by atoms with E-state index in [0.29, 0.717) is 11.3 Å². The van der Waals surface area contributed by atoms with Gasteiger partial charge in [-0.25, -0.2) is 0 Å². The first kappa shape index (κ1) is 14.9. The zero-order chi connectivity index (χ0) is 13.1. The summed E-state index contributed by atoms with van der Waals surface area (Å²) in [7, 11) is 0. The van der Waals surface area contributed by atoms with Crippen LogP contribution in [0.4, 0.5) is 0 Å². The quantitative estimate of drug-likeness (QED) is 0.747. The molecule has 3 heteroatoms. The van der Waals surface area contributed by atoms with Gasteiger partial charge in [0.05, 0.1) is 6.61 Å². The fraction of sp³-hybridized carbons (Fsp3) is 1.00. The van der Waals surface area contributed by atoms with E-state index < -0.39 is 0 Å². The third kappa shape index (κ3) is 3.21. The van der Waals surface area contributed by atoms with Crippen molar-refractivity contribution < 1.29 is 5.11 Å². The van der Waals surface area contributed by atoms with Crippen molar-refractivity contribution in [2.24, 2.45) is 17.1 Å². The summed E-state index contributed by atoms with van der Waals surface area (Å²) in [5.74, 6) is 0.422. The first-order valence-corrected chi connectivity index (χ1v) is 7.10. The van der Waals surface area contributed by atoms with E-state index in [9.17, 15) is 5.11 Å². The summed E-state index contributed by atoms with van der Waals surface area (Å²) in [6, 6.07) is 0.208. The van der Waals surface area contributed by atoms with Gasteiger partial charge >= 0.3 is 0 Å². The molecular formula is C14H30N2O. The number of nitrogens with zero attached hydrogens (tertiary/aromatic N) is 1. The Kier molecular flexibility index (Phi) is 5.42. The van der Waals surface area contributed by atoms with E-state index in [4.69, 9.17) is 5.73 Å². The number of nitrogens with two attached hydrogens (primary N) is 1. The zero-order valence-electron chi connectivity index (χ0n) is 11.9. The van der Waals surface area contributed by atoms with Crippen LogP contribution in [0.2, 0.25) is 0 Å². The Morgan fingerprint density at radius 2 is 1.88 bits per heavy atom. The van der Waals surface area contributed by atoms with Gasteiger partial charge in [-0.3, -0.25) is 4.90 Å². The van der Waals surface area contributed by atoms with Gasteiger partial charge in [0.1, 0.15) is 0 Å². The SMILES string of the molecule is CCC1(CC)CCN(C(CO)C(N)C(C)C)C1. The minimum atomic E-state index is 0.0736. The minimum absolute atomic E-state index is 0.0736. The molecule has 3 nitrogen and oxygen atoms in total. The van der Waals surface area contributed by atoms with Gasteiger partial charge in [-0.15, -0.1) is 0 Å². The van der Waals surface area contributed by atoms with Crippen LogP contribution in [0, 0.1) is 11.3 Å². The van der Waals surface area contributed by atoms with Gasteiger partial charge in [0.2, 0.25) is 0 Å². The van der Waals surface area contributed by atoms with Crippen LogP contribution >= 0.6 is 0 Å². The van der Waals surface area contributed by atoms with E-state index in [1.54, 1.807) is 0 Å². The van der Waals surface area contributed by atoms with Crippen molar-refractivity contribution in [1.29, 1.82) is 0 Å². The number of aliphatic hydroxyl groups excluding tert-OH is 1. The number of rotatable bonds is 6. The molecular weight excluding hydrogens is 212 g/mol. The highest BCUT2D eigenvalue weighted by atomic mass is 16.3. The molecule has 2 unspecified atom stereocenters. The van der Waals surface area contributed by atoms with Crippen molar-refractivity contribution in [3.05, 3.63) is 0 Å². The summed E-state index contributed by atoms with van der Waals surface area (Å²) in [6.45, 7) is 11.2. The fourth-order valence-corrected chi connectivity index (χ4v) is 3.00. The molecule has 1 aliphatic heterocycles. The van der Waals surface area contributed by atoms with E-state index in [2.05, 4.69) is 32.6 Å². The zero-order valence-corrected chi connectivity index (χ0v) is 11.9. The molecule has 1 fully saturated rings. The molecule has 1 rings (SSSR count). The third-order valence-electron chi connectivity index (χ3n) is 4.84. The lowest BCUT2D eigenvalue weighted by Gasteiger charge is -2.35. The van der Waals surface area contributed by atoms with Crippen LogP contribution in [0.25, 0.3) is 0 Å². The van der Waals surface area contributed by atoms with Gasteiger partial charge in [0.25, 0.3) is 0 Å². The largest absolute Gasteiger partial charge is 0.395 e. The predicted molar refractivity (Wildman–Crippen MR) is 72.9 cm³/mol. The summed E-state index contributed by atoms with van der Waals surface area (Å²) in [5.41, 5.74) is 6.68. The number of aliphatic hydroxyl groups is 1. The standard InChI is InChI=1S/C14H30N2O/c1-5-14(6-2)7-8-16(10-14)12(9-17)13(15)11(3)4/h11-13,17H,5-10,15H2,1-4H3. The van der Waals surface area contributed by atoms with Crippen molar-refractivity contribution in [3.8, 4) is 0 Å². The lowest BCUT2D eigenvalue weighted by Crippen LogP contribution is -2.52. The van der Waals surface area contributed by atoms with Gasteiger partial charge in [-0.2, -0.15) is 0 Å². The molecule has 0 aromatic rings. The Balaban J connectivity index is 2.67. The van der Waals surface area contributed by atoms with Crippen LogP contribution in [0.1, 0.15) is 47.0 Å². The molecule has 1 aliphatic rings. The molecule has 3 N–H and O–H groups in total. The number of hydrogen-bond donors (Lipinski definition) is 2. The van der Waals surface area contributed by atoms with E-state index in [1.165, 1.54) is 19.3 Å². The van der Waals surface area contributed by atoms with Crippen LogP contribution in [0.3, 0.4) is 0 Å². The maximum Gasteiger partial charge on any atom is 0.0602 e. The van der Waals surface area contributed by atoms with E-state index in [0.717, 1.165) is 13.1 Å². The topological polar surface area (TPSA) is 49.5 Å². The van der Waals surface area contributed by atoms with Gasteiger partial charge in [0, 0.05) is 18.6 Å². The summed E-state index contributed by atoms with van der Waals surface area (Å²) in [4.78, 5) is 2.41. The first-order valence-electron chi connectivity index (χ1n) is 7.10.